The van der Waals surface area contributed by atoms with Crippen LogP contribution in [0, 0.1) is 13.8 Å². The van der Waals surface area contributed by atoms with Crippen LogP contribution in [-0.2, 0) is 27.4 Å². The quantitative estimate of drug-likeness (QED) is 0.190. The smallest absolute Gasteiger partial charge is 0.217 e. The van der Waals surface area contributed by atoms with E-state index in [1.54, 1.807) is 0 Å². The number of aliphatic imine (C=N–C) groups is 1. The van der Waals surface area contributed by atoms with Crippen molar-refractivity contribution >= 4 is 23.1 Å². The lowest BCUT2D eigenvalue weighted by Crippen LogP contribution is -2.31. The number of aryl methyl sites for hydroxylation is 2. The monoisotopic (exact) mass is 675 g/mol. The van der Waals surface area contributed by atoms with Crippen LogP contribution in [0.1, 0.15) is 112 Å². The third-order valence-corrected chi connectivity index (χ3v) is 11.1. The molecule has 5 aromatic rings. The second kappa shape index (κ2) is 11.6. The Morgan fingerprint density at radius 2 is 1.55 bits per heavy atom. The molecule has 3 aliphatic rings. The molecule has 1 aliphatic carbocycles. The Morgan fingerprint density at radius 3 is 2.31 bits per heavy atom. The molecule has 260 valence electrons. The predicted octanol–water partition coefficient (Wildman–Crippen LogP) is 11.6. The fourth-order valence-electron chi connectivity index (χ4n) is 8.33. The number of rotatable bonds is 4. The highest BCUT2D eigenvalue weighted by atomic mass is 16.5. The van der Waals surface area contributed by atoms with Gasteiger partial charge < -0.3 is 9.47 Å². The van der Waals surface area contributed by atoms with E-state index in [1.807, 2.05) is 6.20 Å². The maximum atomic E-state index is 6.79. The average molecular weight is 676 g/mol. The van der Waals surface area contributed by atoms with Crippen molar-refractivity contribution in [2.24, 2.45) is 4.99 Å². The van der Waals surface area contributed by atoms with Gasteiger partial charge in [0.2, 0.25) is 5.90 Å². The minimum Gasteiger partial charge on any atom is -0.467 e. The van der Waals surface area contributed by atoms with Crippen molar-refractivity contribution in [1.29, 1.82) is 0 Å². The summed E-state index contributed by atoms with van der Waals surface area (Å²) >= 11 is 0. The summed E-state index contributed by atoms with van der Waals surface area (Å²) in [7, 11) is 0. The van der Waals surface area contributed by atoms with E-state index < -0.39 is 0 Å². The largest absolute Gasteiger partial charge is 0.467 e. The third kappa shape index (κ3) is 5.53. The van der Waals surface area contributed by atoms with Gasteiger partial charge in [0.25, 0.3) is 0 Å². The van der Waals surface area contributed by atoms with Gasteiger partial charge in [-0.05, 0) is 106 Å². The van der Waals surface area contributed by atoms with Gasteiger partial charge in [-0.3, -0.25) is 4.90 Å². The Labute approximate surface area is 303 Å². The summed E-state index contributed by atoms with van der Waals surface area (Å²) in [6.45, 7) is 22.4. The van der Waals surface area contributed by atoms with Gasteiger partial charge in [0.05, 0.1) is 17.4 Å². The number of pyridine rings is 1. The van der Waals surface area contributed by atoms with Crippen LogP contribution in [0.25, 0.3) is 0 Å². The molecule has 5 heteroatoms. The van der Waals surface area contributed by atoms with Gasteiger partial charge in [0.15, 0.2) is 0 Å². The lowest BCUT2D eigenvalue weighted by molar-refractivity contribution is 0.209. The molecular weight excluding hydrogens is 627 g/mol. The number of fused-ring (bicyclic) bond motifs is 5. The second-order valence-corrected chi connectivity index (χ2v) is 17.2. The molecule has 3 heterocycles. The summed E-state index contributed by atoms with van der Waals surface area (Å²) in [5.74, 6) is 3.17. The van der Waals surface area contributed by atoms with E-state index in [1.165, 1.54) is 33.4 Å². The molecule has 5 nitrogen and oxygen atoms in total. The zero-order valence-electron chi connectivity index (χ0n) is 31.7. The molecule has 0 unspecified atom stereocenters. The normalized spacial score (nSPS) is 18.7. The predicted molar refractivity (Wildman–Crippen MR) is 209 cm³/mol. The topological polar surface area (TPSA) is 47.0 Å². The van der Waals surface area contributed by atoms with Crippen molar-refractivity contribution < 1.29 is 9.47 Å². The molecule has 0 spiro atoms. The fourth-order valence-corrected chi connectivity index (χ4v) is 8.33. The van der Waals surface area contributed by atoms with Gasteiger partial charge in [-0.2, -0.15) is 0 Å². The van der Waals surface area contributed by atoms with Gasteiger partial charge >= 0.3 is 0 Å². The minimum atomic E-state index is -0.210. The van der Waals surface area contributed by atoms with Gasteiger partial charge in [-0.1, -0.05) is 104 Å². The summed E-state index contributed by atoms with van der Waals surface area (Å²) in [6, 6.07) is 30.6. The van der Waals surface area contributed by atoms with Crippen molar-refractivity contribution in [1.82, 2.24) is 4.98 Å². The SMILES string of the molecule is Cc1cc(C)c(C2=N[C@@H]3Cc4c(cccc4C(C)(C)C)[C@@H]3O2)cc1Oc1ccc2c(c1)N(c1cc(C(C)(C)C)ccn1)c1ccccc1C2(C)C. The van der Waals surface area contributed by atoms with Crippen LogP contribution >= 0.6 is 0 Å². The van der Waals surface area contributed by atoms with E-state index in [2.05, 4.69) is 159 Å². The molecule has 2 aliphatic heterocycles. The molecule has 1 aromatic heterocycles. The van der Waals surface area contributed by atoms with E-state index in [9.17, 15) is 0 Å². The van der Waals surface area contributed by atoms with Gasteiger partial charge in [0.1, 0.15) is 23.4 Å². The maximum absolute atomic E-state index is 6.79. The van der Waals surface area contributed by atoms with Gasteiger partial charge in [-0.25, -0.2) is 9.98 Å². The third-order valence-electron chi connectivity index (χ3n) is 11.1. The Morgan fingerprint density at radius 1 is 0.784 bits per heavy atom. The highest BCUT2D eigenvalue weighted by molar-refractivity contribution is 5.97. The number of aromatic nitrogens is 1. The first-order chi connectivity index (χ1) is 24.1. The van der Waals surface area contributed by atoms with Crippen molar-refractivity contribution in [2.75, 3.05) is 4.90 Å². The zero-order valence-corrected chi connectivity index (χ0v) is 31.7. The minimum absolute atomic E-state index is 0.00847. The van der Waals surface area contributed by atoms with Crippen molar-refractivity contribution in [2.45, 2.75) is 104 Å². The molecule has 8 rings (SSSR count). The Balaban J connectivity index is 1.15. The molecule has 0 amide bonds. The second-order valence-electron chi connectivity index (χ2n) is 17.2. The van der Waals surface area contributed by atoms with Gasteiger partial charge in [-0.15, -0.1) is 0 Å². The van der Waals surface area contributed by atoms with Crippen molar-refractivity contribution in [3.63, 3.8) is 0 Å². The van der Waals surface area contributed by atoms with Crippen molar-refractivity contribution in [3.8, 4) is 11.5 Å². The Kier molecular flexibility index (Phi) is 7.54. The molecule has 0 N–H and O–H groups in total. The number of benzene rings is 4. The summed E-state index contributed by atoms with van der Waals surface area (Å²) in [5.41, 5.74) is 13.1. The number of para-hydroxylation sites is 1. The van der Waals surface area contributed by atoms with Crippen LogP contribution in [0.5, 0.6) is 11.5 Å². The molecule has 2 atom stereocenters. The molecular formula is C46H49N3O2. The van der Waals surface area contributed by atoms with Crippen LogP contribution < -0.4 is 9.64 Å². The van der Waals surface area contributed by atoms with Crippen molar-refractivity contribution in [3.05, 3.63) is 141 Å². The van der Waals surface area contributed by atoms with Gasteiger partial charge in [0, 0.05) is 23.2 Å². The van der Waals surface area contributed by atoms with Crippen LogP contribution in [0.2, 0.25) is 0 Å². The molecule has 0 saturated carbocycles. The molecule has 51 heavy (non-hydrogen) atoms. The van der Waals surface area contributed by atoms with Crippen LogP contribution in [0.15, 0.2) is 96.1 Å². The van der Waals surface area contributed by atoms with E-state index in [-0.39, 0.29) is 28.4 Å². The number of hydrogen-bond donors (Lipinski definition) is 0. The molecule has 0 saturated heterocycles. The number of ether oxygens (including phenoxy) is 2. The molecule has 0 radical (unpaired) electrons. The molecule has 4 aromatic carbocycles. The summed E-state index contributed by atoms with van der Waals surface area (Å²) in [6.07, 6.45) is 2.79. The lowest BCUT2D eigenvalue weighted by atomic mass is 9.73. The molecule has 0 bridgehead atoms. The number of nitrogens with zero attached hydrogens (tertiary/aromatic N) is 3. The highest BCUT2D eigenvalue weighted by Crippen LogP contribution is 2.53. The Hall–Kier alpha value is -4.90. The maximum Gasteiger partial charge on any atom is 0.217 e. The van der Waals surface area contributed by atoms with E-state index >= 15 is 0 Å². The van der Waals surface area contributed by atoms with Crippen LogP contribution in [-0.4, -0.2) is 16.9 Å². The van der Waals surface area contributed by atoms with Crippen LogP contribution in [0.4, 0.5) is 17.2 Å². The van der Waals surface area contributed by atoms with E-state index in [0.29, 0.717) is 5.90 Å². The fraction of sp³-hybridized carbons (Fsp3) is 0.348. The number of hydrogen-bond acceptors (Lipinski definition) is 5. The highest BCUT2D eigenvalue weighted by Gasteiger charge is 2.42. The standard InChI is InChI=1S/C46H49N3O2/c1-27-22-28(2)40(26-32(27)43-48-37-25-33-31(42(37)51-43)14-13-16-34(33)45(6,7)8)50-30-18-19-36-39(24-30)49(38-17-12-11-15-35(38)46(36,9)10)41-23-29(20-21-47-41)44(3,4)5/h11-24,26,37,42H,25H2,1-10H3/t37-,42+/m1/s1. The van der Waals surface area contributed by atoms with Crippen LogP contribution in [0.3, 0.4) is 0 Å². The van der Waals surface area contributed by atoms with E-state index in [4.69, 9.17) is 19.5 Å². The average Bonchev–Trinajstić information content (AvgIpc) is 3.64. The number of anilines is 3. The summed E-state index contributed by atoms with van der Waals surface area (Å²) < 4.78 is 13.5. The zero-order chi connectivity index (χ0) is 36.0. The molecule has 0 fully saturated rings. The summed E-state index contributed by atoms with van der Waals surface area (Å²) in [5, 5.41) is 0. The summed E-state index contributed by atoms with van der Waals surface area (Å²) in [4.78, 5) is 12.4. The lowest BCUT2D eigenvalue weighted by Gasteiger charge is -2.41. The first-order valence-corrected chi connectivity index (χ1v) is 18.3. The first-order valence-electron chi connectivity index (χ1n) is 18.3. The van der Waals surface area contributed by atoms with E-state index in [0.717, 1.165) is 51.8 Å². The first kappa shape index (κ1) is 33.3. The Bertz CT molecular complexity index is 2230.